The first-order valence-electron chi connectivity index (χ1n) is 7.06. The molecule has 0 fully saturated rings. The van der Waals surface area contributed by atoms with Crippen molar-refractivity contribution in [2.45, 2.75) is 5.54 Å². The lowest BCUT2D eigenvalue weighted by atomic mass is 10.1. The molecule has 206 valence electrons. The molecule has 0 bridgehead atoms. The van der Waals surface area contributed by atoms with Crippen LogP contribution in [0, 0.1) is 0 Å². The molecule has 0 heterocycles. The van der Waals surface area contributed by atoms with Gasteiger partial charge in [-0.1, -0.05) is 0 Å². The Morgan fingerprint density at radius 3 is 0.912 bits per heavy atom. The van der Waals surface area contributed by atoms with Crippen LogP contribution in [0.2, 0.25) is 0 Å². The van der Waals surface area contributed by atoms with Crippen LogP contribution < -0.4 is 5.73 Å². The van der Waals surface area contributed by atoms with Gasteiger partial charge >= 0.3 is 0 Å². The highest BCUT2D eigenvalue weighted by atomic mass is 18.0. The molecule has 3 N–H and O–H groups in total. The molecule has 0 saturated heterocycles. The van der Waals surface area contributed by atoms with Gasteiger partial charge in [-0.2, -0.15) is 0 Å². The molecule has 0 aromatic rings. The van der Waals surface area contributed by atoms with E-state index >= 15 is 0 Å². The van der Waals surface area contributed by atoms with Gasteiger partial charge < -0.3 is 10.8 Å². The van der Waals surface area contributed by atoms with E-state index in [1.807, 2.05) is 0 Å². The Labute approximate surface area is 182 Å². The Balaban J connectivity index is 3.42. The molecule has 0 aliphatic heterocycles. The Morgan fingerprint density at radius 1 is 0.441 bits per heavy atom. The van der Waals surface area contributed by atoms with Crippen molar-refractivity contribution in [2.75, 3.05) is 34.0 Å². The molecule has 0 amide bonds. The summed E-state index contributed by atoms with van der Waals surface area (Å²) in [5.41, 5.74) is 3.99. The fraction of sp³-hybridized carbons (Fsp3) is 1.00. The standard InChI is InChI=1S/C6H15NO27/c1-9-13-17-21-25-29-33-31-27-23-19-15-11-4-6(7,3-8)5-12-16-20-24-28-32-34-30-26-22-18-14-10-2/h8H,3-5,7H2,1-2H3. The summed E-state index contributed by atoms with van der Waals surface area (Å²) in [4.78, 5) is 16.6. The van der Waals surface area contributed by atoms with E-state index in [2.05, 4.69) is 130 Å². The molecule has 0 saturated carbocycles. The summed E-state index contributed by atoms with van der Waals surface area (Å²) >= 11 is 0. The third kappa shape index (κ3) is 24.0. The molecule has 0 unspecified atom stereocenters. The second kappa shape index (κ2) is 26.5. The molecule has 0 rings (SSSR count). The smallest absolute Gasteiger partial charge is 0.108 e. The lowest BCUT2D eigenvalue weighted by Gasteiger charge is -2.23. The first-order valence-corrected chi connectivity index (χ1v) is 7.06. The van der Waals surface area contributed by atoms with E-state index in [1.165, 1.54) is 0 Å². The van der Waals surface area contributed by atoms with Crippen molar-refractivity contribution in [1.29, 1.82) is 0 Å². The molecule has 0 aliphatic rings. The Kier molecular flexibility index (Phi) is 25.6. The maximum Gasteiger partial charge on any atom is 0.108 e. The van der Waals surface area contributed by atoms with Crippen LogP contribution in [0.3, 0.4) is 0 Å². The van der Waals surface area contributed by atoms with Crippen molar-refractivity contribution < 1.29 is 135 Å². The van der Waals surface area contributed by atoms with E-state index in [4.69, 9.17) is 5.73 Å². The third-order valence-electron chi connectivity index (χ3n) is 1.80. The predicted molar refractivity (Wildman–Crippen MR) is 63.8 cm³/mol. The molecular formula is C6H15NO27. The van der Waals surface area contributed by atoms with Crippen LogP contribution in [0.4, 0.5) is 0 Å². The van der Waals surface area contributed by atoms with Crippen molar-refractivity contribution in [3.05, 3.63) is 0 Å². The largest absolute Gasteiger partial charge is 0.394 e. The van der Waals surface area contributed by atoms with Gasteiger partial charge in [0.15, 0.2) is 0 Å². The summed E-state index contributed by atoms with van der Waals surface area (Å²) in [6.45, 7) is -1.93. The average Bonchev–Trinajstić information content (AvgIpc) is 2.85. The van der Waals surface area contributed by atoms with E-state index in [0.29, 0.717) is 0 Å². The molecule has 28 heteroatoms. The second-order valence-corrected chi connectivity index (χ2v) is 3.88. The van der Waals surface area contributed by atoms with Crippen LogP contribution in [0.15, 0.2) is 0 Å². The van der Waals surface area contributed by atoms with Crippen molar-refractivity contribution in [2.24, 2.45) is 5.73 Å². The van der Waals surface area contributed by atoms with Gasteiger partial charge in [0.05, 0.1) is 26.4 Å². The van der Waals surface area contributed by atoms with Gasteiger partial charge in [-0.3, -0.25) is 0 Å². The molecule has 0 radical (unpaired) electrons. The maximum absolute atomic E-state index is 9.19. The van der Waals surface area contributed by atoms with Crippen LogP contribution in [0.5, 0.6) is 0 Å². The van der Waals surface area contributed by atoms with E-state index in [9.17, 15) is 5.11 Å². The molecule has 0 aromatic carbocycles. The topological polar surface area (TPSA) is 286 Å². The monoisotopic (exact) mass is 533 g/mol. The zero-order chi connectivity index (χ0) is 25.0. The normalized spacial score (nSPS) is 12.0. The molecule has 28 nitrogen and oxygen atoms in total. The zero-order valence-electron chi connectivity index (χ0n) is 16.3. The minimum atomic E-state index is -1.65. The van der Waals surface area contributed by atoms with Gasteiger partial charge in [0.2, 0.25) is 0 Å². The Morgan fingerprint density at radius 2 is 0.676 bits per heavy atom. The van der Waals surface area contributed by atoms with Gasteiger partial charge in [0.1, 0.15) is 13.2 Å². The zero-order valence-corrected chi connectivity index (χ0v) is 16.3. The van der Waals surface area contributed by atoms with Gasteiger partial charge in [0.25, 0.3) is 0 Å². The SMILES string of the molecule is COOOOOOOOOOOOOCC(N)(CO)COOOOOOOOOOOOOC. The lowest BCUT2D eigenvalue weighted by molar-refractivity contribution is -0.870. The quantitative estimate of drug-likeness (QED) is 0.0562. The molecule has 0 atom stereocenters. The first-order chi connectivity index (χ1) is 16.7. The second-order valence-electron chi connectivity index (χ2n) is 3.88. The van der Waals surface area contributed by atoms with Crippen molar-refractivity contribution >= 4 is 0 Å². The number of aliphatic hydroxyl groups excluding tert-OH is 1. The van der Waals surface area contributed by atoms with Gasteiger partial charge in [-0.15, -0.1) is 0 Å². The number of hydrogen-bond acceptors (Lipinski definition) is 28. The average molecular weight is 533 g/mol. The van der Waals surface area contributed by atoms with Gasteiger partial charge in [-0.05, 0) is 111 Å². The minimum absolute atomic E-state index is 0.599. The van der Waals surface area contributed by atoms with Gasteiger partial charge in [0, 0.05) is 0 Å². The molecule has 34 heavy (non-hydrogen) atoms. The number of nitrogens with two attached hydrogens (primary N) is 1. The lowest BCUT2D eigenvalue weighted by Crippen LogP contribution is -2.52. The van der Waals surface area contributed by atoms with E-state index < -0.39 is 25.4 Å². The summed E-state index contributed by atoms with van der Waals surface area (Å²) in [7, 11) is 2.18. The van der Waals surface area contributed by atoms with Crippen molar-refractivity contribution in [3.8, 4) is 0 Å². The summed E-state index contributed by atoms with van der Waals surface area (Å²) < 4.78 is 0. The fourth-order valence-electron chi connectivity index (χ4n) is 0.715. The van der Waals surface area contributed by atoms with E-state index in [1.54, 1.807) is 0 Å². The summed E-state index contributed by atoms with van der Waals surface area (Å²) in [6, 6.07) is 0. The van der Waals surface area contributed by atoms with Crippen LogP contribution in [-0.4, -0.2) is 44.7 Å². The Hall–Kier alpha value is -1.12. The fourth-order valence-corrected chi connectivity index (χ4v) is 0.715. The number of rotatable bonds is 29. The Bertz CT molecular complexity index is 356. The molecular weight excluding hydrogens is 518 g/mol. The van der Waals surface area contributed by atoms with Crippen molar-refractivity contribution in [1.82, 2.24) is 0 Å². The predicted octanol–water partition coefficient (Wildman–Crippen LogP) is -2.67. The minimum Gasteiger partial charge on any atom is -0.394 e. The first kappa shape index (κ1) is 32.9. The molecule has 0 spiro atoms. The highest BCUT2D eigenvalue weighted by Gasteiger charge is 2.27. The highest BCUT2D eigenvalue weighted by Crippen LogP contribution is 2.04. The summed E-state index contributed by atoms with van der Waals surface area (Å²) in [5.74, 6) is 0. The van der Waals surface area contributed by atoms with Crippen LogP contribution in [0.1, 0.15) is 0 Å². The van der Waals surface area contributed by atoms with Crippen LogP contribution in [0.25, 0.3) is 0 Å². The van der Waals surface area contributed by atoms with E-state index in [0.717, 1.165) is 14.2 Å². The maximum atomic E-state index is 9.19. The van der Waals surface area contributed by atoms with E-state index in [-0.39, 0.29) is 0 Å². The summed E-state index contributed by atoms with van der Waals surface area (Å²) in [6.07, 6.45) is 0. The van der Waals surface area contributed by atoms with Crippen molar-refractivity contribution in [3.63, 3.8) is 0 Å². The van der Waals surface area contributed by atoms with Gasteiger partial charge in [-0.25, -0.2) is 19.6 Å². The van der Waals surface area contributed by atoms with Crippen LogP contribution in [-0.2, 0) is 130 Å². The summed E-state index contributed by atoms with van der Waals surface area (Å²) in [5, 5.41) is 90.0. The number of hydrogen-bond donors (Lipinski definition) is 2. The molecule has 0 aromatic heterocycles. The molecule has 0 aliphatic carbocycles. The highest BCUT2D eigenvalue weighted by molar-refractivity contribution is 4.81. The number of aliphatic hydroxyl groups is 1. The third-order valence-corrected chi connectivity index (χ3v) is 1.80. The van der Waals surface area contributed by atoms with Crippen LogP contribution >= 0.6 is 0 Å².